The highest BCUT2D eigenvalue weighted by Gasteiger charge is 2.15. The second-order valence-electron chi connectivity index (χ2n) is 3.54. The van der Waals surface area contributed by atoms with Gasteiger partial charge in [-0.1, -0.05) is 12.1 Å². The topological polar surface area (TPSA) is 74.7 Å². The number of benzene rings is 1. The van der Waals surface area contributed by atoms with Gasteiger partial charge in [-0.2, -0.15) is 0 Å². The number of nitrogens with zero attached hydrogens (tertiary/aromatic N) is 1. The maximum absolute atomic E-state index is 11.6. The molecule has 0 radical (unpaired) electrons. The number of carboxylic acid groups (broad SMARTS) is 1. The van der Waals surface area contributed by atoms with Gasteiger partial charge in [0.25, 0.3) is 0 Å². The van der Waals surface area contributed by atoms with E-state index in [1.807, 2.05) is 0 Å². The Bertz CT molecular complexity index is 493. The molecule has 0 saturated carbocycles. The van der Waals surface area contributed by atoms with Gasteiger partial charge < -0.3 is 5.11 Å². The summed E-state index contributed by atoms with van der Waals surface area (Å²) in [5, 5.41) is 8.76. The molecule has 88 valence electrons. The van der Waals surface area contributed by atoms with Crippen molar-refractivity contribution in [3.05, 3.63) is 35.4 Å². The fourth-order valence-electron chi connectivity index (χ4n) is 1.13. The molecule has 0 unspecified atom stereocenters. The summed E-state index contributed by atoms with van der Waals surface area (Å²) in [5.41, 5.74) is 0.556. The number of rotatable bonds is 4. The van der Waals surface area contributed by atoms with Crippen molar-refractivity contribution in [1.82, 2.24) is 4.31 Å². The molecule has 1 aromatic rings. The van der Waals surface area contributed by atoms with Crippen LogP contribution in [0.3, 0.4) is 0 Å². The normalized spacial score (nSPS) is 11.7. The van der Waals surface area contributed by atoms with Crippen LogP contribution in [0.4, 0.5) is 0 Å². The van der Waals surface area contributed by atoms with Crippen LogP contribution < -0.4 is 0 Å². The Morgan fingerprint density at radius 3 is 2.50 bits per heavy atom. The molecule has 1 aromatic carbocycles. The molecule has 16 heavy (non-hydrogen) atoms. The minimum atomic E-state index is -3.35. The molecule has 0 fully saturated rings. The minimum Gasteiger partial charge on any atom is -0.478 e. The molecule has 6 heteroatoms. The van der Waals surface area contributed by atoms with Crippen LogP contribution >= 0.6 is 0 Å². The molecule has 5 nitrogen and oxygen atoms in total. The summed E-state index contributed by atoms with van der Waals surface area (Å²) in [5.74, 6) is -1.26. The quantitative estimate of drug-likeness (QED) is 0.847. The van der Waals surface area contributed by atoms with Gasteiger partial charge in [0.2, 0.25) is 10.0 Å². The zero-order chi connectivity index (χ0) is 12.3. The Kier molecular flexibility index (Phi) is 3.66. The lowest BCUT2D eigenvalue weighted by molar-refractivity contribution is 0.0696. The van der Waals surface area contributed by atoms with Gasteiger partial charge >= 0.3 is 5.97 Å². The number of carboxylic acids is 1. The summed E-state index contributed by atoms with van der Waals surface area (Å²) >= 11 is 0. The smallest absolute Gasteiger partial charge is 0.335 e. The van der Waals surface area contributed by atoms with Crippen molar-refractivity contribution >= 4 is 16.0 Å². The van der Waals surface area contributed by atoms with Gasteiger partial charge in [-0.25, -0.2) is 17.5 Å². The van der Waals surface area contributed by atoms with E-state index in [1.54, 1.807) is 6.07 Å². The van der Waals surface area contributed by atoms with Crippen LogP contribution in [-0.4, -0.2) is 37.9 Å². The molecular formula is C10H13NO4S. The van der Waals surface area contributed by atoms with E-state index < -0.39 is 16.0 Å². The van der Waals surface area contributed by atoms with E-state index in [0.717, 1.165) is 4.31 Å². The van der Waals surface area contributed by atoms with Gasteiger partial charge in [0, 0.05) is 14.1 Å². The molecule has 0 saturated heterocycles. The first-order chi connectivity index (χ1) is 7.33. The van der Waals surface area contributed by atoms with Gasteiger partial charge in [-0.3, -0.25) is 0 Å². The highest BCUT2D eigenvalue weighted by molar-refractivity contribution is 7.88. The van der Waals surface area contributed by atoms with Gasteiger partial charge in [-0.05, 0) is 17.7 Å². The molecule has 0 aliphatic carbocycles. The second kappa shape index (κ2) is 4.63. The predicted octanol–water partition coefficient (Wildman–Crippen LogP) is 0.776. The fraction of sp³-hybridized carbons (Fsp3) is 0.300. The minimum absolute atomic E-state index is 0.0893. The van der Waals surface area contributed by atoms with E-state index in [4.69, 9.17) is 5.11 Å². The third kappa shape index (κ3) is 3.04. The molecule has 1 rings (SSSR count). The van der Waals surface area contributed by atoms with Crippen molar-refractivity contribution in [2.45, 2.75) is 5.75 Å². The zero-order valence-electron chi connectivity index (χ0n) is 9.04. The number of aromatic carboxylic acids is 1. The summed E-state index contributed by atoms with van der Waals surface area (Å²) in [7, 11) is -0.472. The molecule has 0 atom stereocenters. The van der Waals surface area contributed by atoms with E-state index >= 15 is 0 Å². The fourth-order valence-corrected chi connectivity index (χ4v) is 1.99. The van der Waals surface area contributed by atoms with E-state index in [1.165, 1.54) is 32.3 Å². The SMILES string of the molecule is CN(C)S(=O)(=O)Cc1cccc(C(=O)O)c1. The van der Waals surface area contributed by atoms with Crippen molar-refractivity contribution in [3.63, 3.8) is 0 Å². The Hall–Kier alpha value is -1.40. The van der Waals surface area contributed by atoms with Crippen molar-refractivity contribution < 1.29 is 18.3 Å². The summed E-state index contributed by atoms with van der Waals surface area (Å²) < 4.78 is 24.2. The van der Waals surface area contributed by atoms with Gasteiger partial charge in [-0.15, -0.1) is 0 Å². The molecular weight excluding hydrogens is 230 g/mol. The van der Waals surface area contributed by atoms with Crippen LogP contribution in [-0.2, 0) is 15.8 Å². The largest absolute Gasteiger partial charge is 0.478 e. The lowest BCUT2D eigenvalue weighted by Gasteiger charge is -2.11. The molecule has 0 bridgehead atoms. The van der Waals surface area contributed by atoms with Crippen LogP contribution in [0.15, 0.2) is 24.3 Å². The average molecular weight is 243 g/mol. The first-order valence-corrected chi connectivity index (χ1v) is 6.16. The van der Waals surface area contributed by atoms with Crippen molar-refractivity contribution in [3.8, 4) is 0 Å². The van der Waals surface area contributed by atoms with Gasteiger partial charge in [0.1, 0.15) is 0 Å². The van der Waals surface area contributed by atoms with Crippen molar-refractivity contribution in [1.29, 1.82) is 0 Å². The van der Waals surface area contributed by atoms with Crippen LogP contribution in [0.5, 0.6) is 0 Å². The Morgan fingerprint density at radius 2 is 2.00 bits per heavy atom. The lowest BCUT2D eigenvalue weighted by atomic mass is 10.1. The molecule has 1 N–H and O–H groups in total. The van der Waals surface area contributed by atoms with Crippen LogP contribution in [0.2, 0.25) is 0 Å². The standard InChI is InChI=1S/C10H13NO4S/c1-11(2)16(14,15)7-8-4-3-5-9(6-8)10(12)13/h3-6H,7H2,1-2H3,(H,12,13). The Labute approximate surface area is 94.4 Å². The monoisotopic (exact) mass is 243 g/mol. The maximum Gasteiger partial charge on any atom is 0.335 e. The molecule has 0 heterocycles. The average Bonchev–Trinajstić information content (AvgIpc) is 2.17. The molecule has 0 amide bonds. The predicted molar refractivity (Wildman–Crippen MR) is 59.7 cm³/mol. The Morgan fingerprint density at radius 1 is 1.38 bits per heavy atom. The molecule has 0 aromatic heterocycles. The van der Waals surface area contributed by atoms with Crippen molar-refractivity contribution in [2.75, 3.05) is 14.1 Å². The third-order valence-corrected chi connectivity index (χ3v) is 3.89. The summed E-state index contributed by atoms with van der Waals surface area (Å²) in [6.45, 7) is 0. The summed E-state index contributed by atoms with van der Waals surface area (Å²) in [4.78, 5) is 10.7. The van der Waals surface area contributed by atoms with E-state index in [9.17, 15) is 13.2 Å². The molecule has 0 aliphatic rings. The van der Waals surface area contributed by atoms with E-state index in [2.05, 4.69) is 0 Å². The maximum atomic E-state index is 11.6. The number of hydrogen-bond acceptors (Lipinski definition) is 3. The van der Waals surface area contributed by atoms with Gasteiger partial charge in [0.05, 0.1) is 11.3 Å². The summed E-state index contributed by atoms with van der Waals surface area (Å²) in [6, 6.07) is 5.91. The first-order valence-electron chi connectivity index (χ1n) is 4.55. The Balaban J connectivity index is 2.99. The van der Waals surface area contributed by atoms with Crippen LogP contribution in [0.1, 0.15) is 15.9 Å². The number of hydrogen-bond donors (Lipinski definition) is 1. The zero-order valence-corrected chi connectivity index (χ0v) is 9.86. The van der Waals surface area contributed by atoms with Crippen LogP contribution in [0.25, 0.3) is 0 Å². The second-order valence-corrected chi connectivity index (χ2v) is 5.73. The first kappa shape index (κ1) is 12.7. The highest BCUT2D eigenvalue weighted by Crippen LogP contribution is 2.10. The highest BCUT2D eigenvalue weighted by atomic mass is 32.2. The summed E-state index contributed by atoms with van der Waals surface area (Å²) in [6.07, 6.45) is 0. The van der Waals surface area contributed by atoms with E-state index in [0.29, 0.717) is 5.56 Å². The third-order valence-electron chi connectivity index (χ3n) is 2.08. The lowest BCUT2D eigenvalue weighted by Crippen LogP contribution is -2.23. The van der Waals surface area contributed by atoms with Crippen LogP contribution in [0, 0.1) is 0 Å². The van der Waals surface area contributed by atoms with Crippen molar-refractivity contribution in [2.24, 2.45) is 0 Å². The van der Waals surface area contributed by atoms with Gasteiger partial charge in [0.15, 0.2) is 0 Å². The number of carbonyl (C=O) groups is 1. The molecule has 0 spiro atoms. The molecule has 0 aliphatic heterocycles. The van der Waals surface area contributed by atoms with E-state index in [-0.39, 0.29) is 11.3 Å². The number of sulfonamides is 1.